The molecule has 24 heavy (non-hydrogen) atoms. The molecule has 2 aliphatic heterocycles. The summed E-state index contributed by atoms with van der Waals surface area (Å²) in [5, 5.41) is 5.13. The van der Waals surface area contributed by atoms with Gasteiger partial charge in [-0.15, -0.1) is 11.3 Å². The van der Waals surface area contributed by atoms with Gasteiger partial charge in [0, 0.05) is 30.9 Å². The van der Waals surface area contributed by atoms with Gasteiger partial charge in [-0.05, 0) is 48.0 Å². The third-order valence-electron chi connectivity index (χ3n) is 6.07. The standard InChI is InChI=1S/C19H28N2O2S/c22-19(20-8-17-5-2-6-24-17)7-15-12-23-13-16-10-21(11-18(15)16)9-14-3-1-4-14/h2,5-6,14-16,18H,1,3-4,7-13H2,(H,20,22)/t15-,16-,18+/m1/s1. The van der Waals surface area contributed by atoms with Crippen molar-refractivity contribution < 1.29 is 9.53 Å². The van der Waals surface area contributed by atoms with Crippen molar-refractivity contribution in [3.05, 3.63) is 22.4 Å². The zero-order valence-electron chi connectivity index (χ0n) is 14.3. The molecule has 2 saturated heterocycles. The van der Waals surface area contributed by atoms with Gasteiger partial charge in [-0.25, -0.2) is 0 Å². The summed E-state index contributed by atoms with van der Waals surface area (Å²) in [6.07, 6.45) is 4.86. The molecule has 1 N–H and O–H groups in total. The Labute approximate surface area is 148 Å². The van der Waals surface area contributed by atoms with Crippen LogP contribution in [0.1, 0.15) is 30.6 Å². The van der Waals surface area contributed by atoms with Gasteiger partial charge < -0.3 is 15.0 Å². The van der Waals surface area contributed by atoms with E-state index in [-0.39, 0.29) is 5.91 Å². The van der Waals surface area contributed by atoms with Crippen LogP contribution in [-0.4, -0.2) is 43.7 Å². The molecule has 3 heterocycles. The molecule has 0 unspecified atom stereocenters. The van der Waals surface area contributed by atoms with Crippen molar-refractivity contribution >= 4 is 17.2 Å². The molecule has 1 saturated carbocycles. The molecular weight excluding hydrogens is 320 g/mol. The first kappa shape index (κ1) is 16.6. The van der Waals surface area contributed by atoms with E-state index in [0.717, 1.165) is 19.1 Å². The number of carbonyl (C=O) groups is 1. The molecule has 0 radical (unpaired) electrons. The Hall–Kier alpha value is -0.910. The van der Waals surface area contributed by atoms with Crippen molar-refractivity contribution in [2.45, 2.75) is 32.2 Å². The lowest BCUT2D eigenvalue weighted by molar-refractivity contribution is -0.124. The van der Waals surface area contributed by atoms with Crippen LogP contribution in [0.3, 0.4) is 0 Å². The molecule has 4 rings (SSSR count). The first-order valence-corrected chi connectivity index (χ1v) is 10.2. The average molecular weight is 349 g/mol. The molecule has 3 fully saturated rings. The fourth-order valence-corrected chi connectivity index (χ4v) is 5.15. The normalized spacial score (nSPS) is 30.8. The summed E-state index contributed by atoms with van der Waals surface area (Å²) >= 11 is 1.69. The van der Waals surface area contributed by atoms with Crippen LogP contribution < -0.4 is 5.32 Å². The van der Waals surface area contributed by atoms with Crippen LogP contribution in [-0.2, 0) is 16.1 Å². The van der Waals surface area contributed by atoms with E-state index in [4.69, 9.17) is 4.74 Å². The number of hydrogen-bond donors (Lipinski definition) is 1. The summed E-state index contributed by atoms with van der Waals surface area (Å²) in [5.74, 6) is 2.77. The number of nitrogens with zero attached hydrogens (tertiary/aromatic N) is 1. The smallest absolute Gasteiger partial charge is 0.220 e. The van der Waals surface area contributed by atoms with E-state index in [0.29, 0.717) is 30.7 Å². The first-order valence-electron chi connectivity index (χ1n) is 9.37. The highest BCUT2D eigenvalue weighted by atomic mass is 32.1. The summed E-state index contributed by atoms with van der Waals surface area (Å²) < 4.78 is 5.84. The minimum absolute atomic E-state index is 0.176. The lowest BCUT2D eigenvalue weighted by atomic mass is 9.81. The highest BCUT2D eigenvalue weighted by molar-refractivity contribution is 7.09. The molecular formula is C19H28N2O2S. The maximum absolute atomic E-state index is 12.3. The molecule has 1 aromatic rings. The van der Waals surface area contributed by atoms with Crippen molar-refractivity contribution in [1.82, 2.24) is 10.2 Å². The van der Waals surface area contributed by atoms with Crippen LogP contribution in [0.15, 0.2) is 17.5 Å². The maximum atomic E-state index is 12.3. The molecule has 4 nitrogen and oxygen atoms in total. The lowest BCUT2D eigenvalue weighted by Crippen LogP contribution is -2.38. The summed E-state index contributed by atoms with van der Waals surface area (Å²) in [6, 6.07) is 4.10. The van der Waals surface area contributed by atoms with Gasteiger partial charge in [0.25, 0.3) is 0 Å². The van der Waals surface area contributed by atoms with Crippen LogP contribution in [0.5, 0.6) is 0 Å². The second-order valence-electron chi connectivity index (χ2n) is 7.80. The quantitative estimate of drug-likeness (QED) is 0.859. The van der Waals surface area contributed by atoms with Crippen molar-refractivity contribution in [2.24, 2.45) is 23.7 Å². The molecule has 0 spiro atoms. The molecule has 5 heteroatoms. The Morgan fingerprint density at radius 2 is 2.25 bits per heavy atom. The number of fused-ring (bicyclic) bond motifs is 1. The minimum Gasteiger partial charge on any atom is -0.381 e. The van der Waals surface area contributed by atoms with Gasteiger partial charge in [-0.3, -0.25) is 4.79 Å². The first-order chi connectivity index (χ1) is 11.8. The van der Waals surface area contributed by atoms with Crippen molar-refractivity contribution in [1.29, 1.82) is 0 Å². The third kappa shape index (κ3) is 3.84. The maximum Gasteiger partial charge on any atom is 0.220 e. The predicted octanol–water partition coefficient (Wildman–Crippen LogP) is 2.75. The average Bonchev–Trinajstić information content (AvgIpc) is 3.18. The van der Waals surface area contributed by atoms with E-state index in [1.165, 1.54) is 43.8 Å². The predicted molar refractivity (Wildman–Crippen MR) is 95.9 cm³/mol. The Bertz CT molecular complexity index is 544. The lowest BCUT2D eigenvalue weighted by Gasteiger charge is -2.32. The fraction of sp³-hybridized carbons (Fsp3) is 0.737. The summed E-state index contributed by atoms with van der Waals surface area (Å²) in [7, 11) is 0. The van der Waals surface area contributed by atoms with Gasteiger partial charge in [0.2, 0.25) is 5.91 Å². The Morgan fingerprint density at radius 1 is 1.33 bits per heavy atom. The number of likely N-dealkylation sites (tertiary alicyclic amines) is 1. The Kier molecular flexibility index (Phi) is 5.20. The number of rotatable bonds is 6. The van der Waals surface area contributed by atoms with E-state index in [1.54, 1.807) is 11.3 Å². The van der Waals surface area contributed by atoms with Crippen LogP contribution in [0, 0.1) is 23.7 Å². The molecule has 3 aliphatic rings. The number of hydrogen-bond acceptors (Lipinski definition) is 4. The van der Waals surface area contributed by atoms with Gasteiger partial charge in [-0.1, -0.05) is 12.5 Å². The van der Waals surface area contributed by atoms with Gasteiger partial charge in [0.15, 0.2) is 0 Å². The number of amides is 1. The minimum atomic E-state index is 0.176. The third-order valence-corrected chi connectivity index (χ3v) is 6.94. The van der Waals surface area contributed by atoms with Gasteiger partial charge >= 0.3 is 0 Å². The number of nitrogens with one attached hydrogen (secondary N) is 1. The number of ether oxygens (including phenoxy) is 1. The highest BCUT2D eigenvalue weighted by Gasteiger charge is 2.42. The topological polar surface area (TPSA) is 41.6 Å². The highest BCUT2D eigenvalue weighted by Crippen LogP contribution is 2.37. The second-order valence-corrected chi connectivity index (χ2v) is 8.83. The molecule has 1 aromatic heterocycles. The van der Waals surface area contributed by atoms with Crippen LogP contribution in [0.4, 0.5) is 0 Å². The van der Waals surface area contributed by atoms with Crippen LogP contribution in [0.25, 0.3) is 0 Å². The SMILES string of the molecule is O=C(C[C@@H]1COC[C@H]2CN(CC3CCC3)C[C@@H]12)NCc1cccs1. The van der Waals surface area contributed by atoms with E-state index < -0.39 is 0 Å². The summed E-state index contributed by atoms with van der Waals surface area (Å²) in [5.41, 5.74) is 0. The van der Waals surface area contributed by atoms with E-state index in [1.807, 2.05) is 6.07 Å². The van der Waals surface area contributed by atoms with Crippen molar-refractivity contribution in [3.63, 3.8) is 0 Å². The van der Waals surface area contributed by atoms with Gasteiger partial charge in [-0.2, -0.15) is 0 Å². The Morgan fingerprint density at radius 3 is 3.00 bits per heavy atom. The molecule has 1 aliphatic carbocycles. The largest absolute Gasteiger partial charge is 0.381 e. The summed E-state index contributed by atoms with van der Waals surface area (Å²) in [4.78, 5) is 16.2. The summed E-state index contributed by atoms with van der Waals surface area (Å²) in [6.45, 7) is 5.92. The van der Waals surface area contributed by atoms with E-state index >= 15 is 0 Å². The number of thiophene rings is 1. The van der Waals surface area contributed by atoms with Crippen molar-refractivity contribution in [2.75, 3.05) is 32.8 Å². The van der Waals surface area contributed by atoms with Crippen molar-refractivity contribution in [3.8, 4) is 0 Å². The zero-order chi connectivity index (χ0) is 16.4. The molecule has 1 amide bonds. The Balaban J connectivity index is 1.27. The van der Waals surface area contributed by atoms with Gasteiger partial charge in [0.1, 0.15) is 0 Å². The molecule has 0 aromatic carbocycles. The monoisotopic (exact) mass is 348 g/mol. The zero-order valence-corrected chi connectivity index (χ0v) is 15.1. The number of carbonyl (C=O) groups excluding carboxylic acids is 1. The van der Waals surface area contributed by atoms with Gasteiger partial charge in [0.05, 0.1) is 19.8 Å². The van der Waals surface area contributed by atoms with Crippen LogP contribution in [0.2, 0.25) is 0 Å². The molecule has 0 bridgehead atoms. The molecule has 3 atom stereocenters. The van der Waals surface area contributed by atoms with E-state index in [2.05, 4.69) is 21.7 Å². The second kappa shape index (κ2) is 7.54. The van der Waals surface area contributed by atoms with Crippen LogP contribution >= 0.6 is 11.3 Å². The fourth-order valence-electron chi connectivity index (χ4n) is 4.50. The molecule has 132 valence electrons. The van der Waals surface area contributed by atoms with E-state index in [9.17, 15) is 4.79 Å².